The Hall–Kier alpha value is -2.06. The number of non-ortho nitro benzene ring substituents is 1. The van der Waals surface area contributed by atoms with E-state index in [0.717, 1.165) is 32.0 Å². The van der Waals surface area contributed by atoms with Gasteiger partial charge in [0.05, 0.1) is 17.5 Å². The number of hydrogen-bond donors (Lipinski definition) is 1. The van der Waals surface area contributed by atoms with Crippen molar-refractivity contribution in [2.45, 2.75) is 25.4 Å². The fourth-order valence-electron chi connectivity index (χ4n) is 2.88. The summed E-state index contributed by atoms with van der Waals surface area (Å²) in [5.41, 5.74) is 0.188. The second-order valence-corrected chi connectivity index (χ2v) is 5.85. The highest BCUT2D eigenvalue weighted by atomic mass is 19.1. The van der Waals surface area contributed by atoms with E-state index >= 15 is 0 Å². The van der Waals surface area contributed by atoms with E-state index in [2.05, 4.69) is 4.90 Å². The molecule has 1 aromatic rings. The van der Waals surface area contributed by atoms with Gasteiger partial charge in [-0.1, -0.05) is 0 Å². The Kier molecular flexibility index (Phi) is 5.62. The van der Waals surface area contributed by atoms with Crippen LogP contribution in [0, 0.1) is 15.9 Å². The van der Waals surface area contributed by atoms with E-state index in [1.807, 2.05) is 4.90 Å². The van der Waals surface area contributed by atoms with E-state index in [4.69, 9.17) is 5.11 Å². The van der Waals surface area contributed by atoms with Gasteiger partial charge in [-0.05, 0) is 39.0 Å². The maximum Gasteiger partial charge on any atom is 0.317 e. The molecule has 1 aromatic carbocycles. The first-order valence-electron chi connectivity index (χ1n) is 7.44. The molecule has 126 valence electrons. The Labute approximate surface area is 133 Å². The van der Waals surface area contributed by atoms with E-state index in [0.29, 0.717) is 12.1 Å². The van der Waals surface area contributed by atoms with Crippen LogP contribution < -0.4 is 0 Å². The number of carbonyl (C=O) groups is 1. The van der Waals surface area contributed by atoms with Crippen LogP contribution in [0.4, 0.5) is 10.1 Å². The Morgan fingerprint density at radius 2 is 2.13 bits per heavy atom. The Morgan fingerprint density at radius 1 is 1.48 bits per heavy atom. The summed E-state index contributed by atoms with van der Waals surface area (Å²) in [4.78, 5) is 24.6. The number of carboxylic acids is 1. The third kappa shape index (κ3) is 4.70. The van der Waals surface area contributed by atoms with Crippen molar-refractivity contribution in [3.05, 3.63) is 39.7 Å². The van der Waals surface area contributed by atoms with E-state index in [-0.39, 0.29) is 18.3 Å². The van der Waals surface area contributed by atoms with Gasteiger partial charge in [0, 0.05) is 24.2 Å². The number of rotatable bonds is 6. The number of hydrogen-bond acceptors (Lipinski definition) is 5. The van der Waals surface area contributed by atoms with Gasteiger partial charge in [0.25, 0.3) is 5.69 Å². The fraction of sp³-hybridized carbons (Fsp3) is 0.533. The van der Waals surface area contributed by atoms with Gasteiger partial charge in [-0.2, -0.15) is 0 Å². The molecule has 1 N–H and O–H groups in total. The highest BCUT2D eigenvalue weighted by molar-refractivity contribution is 5.69. The molecule has 0 bridgehead atoms. The molecule has 0 amide bonds. The highest BCUT2D eigenvalue weighted by Gasteiger charge is 2.24. The molecule has 1 aliphatic rings. The molecule has 0 unspecified atom stereocenters. The minimum atomic E-state index is -0.845. The van der Waals surface area contributed by atoms with Gasteiger partial charge in [-0.3, -0.25) is 24.7 Å². The standard InChI is InChI=1S/C15H20FN3O4/c1-17(10-15(20)21)12-4-6-18(7-5-12)9-11-2-3-13(19(22)23)8-14(11)16/h2-3,8,12H,4-7,9-10H2,1H3,(H,20,21). The van der Waals surface area contributed by atoms with Gasteiger partial charge in [-0.25, -0.2) is 4.39 Å². The smallest absolute Gasteiger partial charge is 0.317 e. The first kappa shape index (κ1) is 17.3. The quantitative estimate of drug-likeness (QED) is 0.633. The Balaban J connectivity index is 1.89. The zero-order valence-electron chi connectivity index (χ0n) is 12.9. The molecule has 8 heteroatoms. The van der Waals surface area contributed by atoms with Crippen LogP contribution in [0.1, 0.15) is 18.4 Å². The van der Waals surface area contributed by atoms with Crippen LogP contribution in [0.15, 0.2) is 18.2 Å². The summed E-state index contributed by atoms with van der Waals surface area (Å²) in [5.74, 6) is -1.41. The first-order valence-corrected chi connectivity index (χ1v) is 7.44. The van der Waals surface area contributed by atoms with E-state index < -0.39 is 16.7 Å². The van der Waals surface area contributed by atoms with Crippen molar-refractivity contribution < 1.29 is 19.2 Å². The number of nitro groups is 1. The summed E-state index contributed by atoms with van der Waals surface area (Å²) < 4.78 is 13.9. The normalized spacial score (nSPS) is 16.7. The second-order valence-electron chi connectivity index (χ2n) is 5.85. The largest absolute Gasteiger partial charge is 0.480 e. The topological polar surface area (TPSA) is 86.9 Å². The molecule has 7 nitrogen and oxygen atoms in total. The van der Waals surface area contributed by atoms with Crippen molar-refractivity contribution in [2.24, 2.45) is 0 Å². The van der Waals surface area contributed by atoms with Crippen molar-refractivity contribution in [2.75, 3.05) is 26.7 Å². The fourth-order valence-corrected chi connectivity index (χ4v) is 2.88. The molecule has 2 rings (SSSR count). The summed E-state index contributed by atoms with van der Waals surface area (Å²) in [6, 6.07) is 3.93. The van der Waals surface area contributed by atoms with Gasteiger partial charge in [0.2, 0.25) is 0 Å². The van der Waals surface area contributed by atoms with Crippen molar-refractivity contribution in [3.8, 4) is 0 Å². The Bertz CT molecular complexity index is 588. The van der Waals surface area contributed by atoms with E-state index in [9.17, 15) is 19.3 Å². The van der Waals surface area contributed by atoms with Crippen molar-refractivity contribution in [1.29, 1.82) is 0 Å². The number of carboxylic acid groups (broad SMARTS) is 1. The molecule has 1 fully saturated rings. The summed E-state index contributed by atoms with van der Waals surface area (Å²) in [5, 5.41) is 19.4. The number of aliphatic carboxylic acids is 1. The molecule has 0 saturated carbocycles. The van der Waals surface area contributed by atoms with Gasteiger partial charge >= 0.3 is 5.97 Å². The van der Waals surface area contributed by atoms with E-state index in [1.54, 1.807) is 7.05 Å². The number of nitro benzene ring substituents is 1. The lowest BCUT2D eigenvalue weighted by molar-refractivity contribution is -0.385. The van der Waals surface area contributed by atoms with Gasteiger partial charge in [-0.15, -0.1) is 0 Å². The van der Waals surface area contributed by atoms with Crippen LogP contribution in [0.25, 0.3) is 0 Å². The summed E-state index contributed by atoms with van der Waals surface area (Å²) >= 11 is 0. The zero-order chi connectivity index (χ0) is 17.0. The number of likely N-dealkylation sites (tertiary alicyclic amines) is 1. The third-order valence-corrected chi connectivity index (χ3v) is 4.21. The molecule has 23 heavy (non-hydrogen) atoms. The van der Waals surface area contributed by atoms with Crippen LogP contribution in [0.5, 0.6) is 0 Å². The second kappa shape index (κ2) is 7.47. The minimum Gasteiger partial charge on any atom is -0.480 e. The predicted octanol–water partition coefficient (Wildman–Crippen LogP) is 1.71. The summed E-state index contributed by atoms with van der Waals surface area (Å²) in [6.45, 7) is 1.90. The molecular weight excluding hydrogens is 305 g/mol. The van der Waals surface area contributed by atoms with Gasteiger partial charge in [0.15, 0.2) is 0 Å². The monoisotopic (exact) mass is 325 g/mol. The van der Waals surface area contributed by atoms with Gasteiger partial charge < -0.3 is 5.11 Å². The lowest BCUT2D eigenvalue weighted by Crippen LogP contribution is -2.44. The van der Waals surface area contributed by atoms with Crippen molar-refractivity contribution >= 4 is 11.7 Å². The van der Waals surface area contributed by atoms with Crippen LogP contribution in [0.2, 0.25) is 0 Å². The van der Waals surface area contributed by atoms with E-state index in [1.165, 1.54) is 12.1 Å². The molecule has 0 atom stereocenters. The number of likely N-dealkylation sites (N-methyl/N-ethyl adjacent to an activating group) is 1. The number of nitrogens with zero attached hydrogens (tertiary/aromatic N) is 3. The lowest BCUT2D eigenvalue weighted by atomic mass is 10.0. The summed E-state index contributed by atoms with van der Waals surface area (Å²) in [7, 11) is 1.80. The number of piperidine rings is 1. The average molecular weight is 325 g/mol. The molecule has 1 aliphatic heterocycles. The molecule has 0 aromatic heterocycles. The summed E-state index contributed by atoms with van der Waals surface area (Å²) in [6.07, 6.45) is 1.64. The number of halogens is 1. The van der Waals surface area contributed by atoms with Gasteiger partial charge in [0.1, 0.15) is 5.82 Å². The molecule has 0 radical (unpaired) electrons. The lowest BCUT2D eigenvalue weighted by Gasteiger charge is -2.36. The molecule has 1 saturated heterocycles. The Morgan fingerprint density at radius 3 is 2.65 bits per heavy atom. The van der Waals surface area contributed by atoms with Crippen LogP contribution in [0.3, 0.4) is 0 Å². The minimum absolute atomic E-state index is 0.0155. The molecular formula is C15H20FN3O4. The zero-order valence-corrected chi connectivity index (χ0v) is 12.9. The highest BCUT2D eigenvalue weighted by Crippen LogP contribution is 2.21. The third-order valence-electron chi connectivity index (χ3n) is 4.21. The maximum absolute atomic E-state index is 13.9. The van der Waals surface area contributed by atoms with Crippen LogP contribution >= 0.6 is 0 Å². The maximum atomic E-state index is 13.9. The number of benzene rings is 1. The van der Waals surface area contributed by atoms with Crippen LogP contribution in [-0.2, 0) is 11.3 Å². The van der Waals surface area contributed by atoms with Crippen molar-refractivity contribution in [3.63, 3.8) is 0 Å². The van der Waals surface area contributed by atoms with Crippen LogP contribution in [-0.4, -0.2) is 58.5 Å². The predicted molar refractivity (Wildman–Crippen MR) is 81.6 cm³/mol. The first-order chi connectivity index (χ1) is 10.9. The SMILES string of the molecule is CN(CC(=O)O)C1CCN(Cc2ccc([N+](=O)[O-])cc2F)CC1. The molecule has 0 aliphatic carbocycles. The molecule has 0 spiro atoms. The van der Waals surface area contributed by atoms with Crippen molar-refractivity contribution in [1.82, 2.24) is 9.80 Å². The molecule has 1 heterocycles. The average Bonchev–Trinajstić information content (AvgIpc) is 2.49.